The summed E-state index contributed by atoms with van der Waals surface area (Å²) in [6, 6.07) is 58.4. The molecule has 49 heavy (non-hydrogen) atoms. The maximum Gasteiger partial charge on any atom is 0.159 e. The van der Waals surface area contributed by atoms with Crippen LogP contribution in [0, 0.1) is 0 Å². The molecule has 0 spiro atoms. The molecule has 0 saturated carbocycles. The Kier molecular flexibility index (Phi) is 6.23. The smallest absolute Gasteiger partial charge is 0.159 e. The molecule has 1 aliphatic heterocycles. The second kappa shape index (κ2) is 10.9. The number of nitrogens with zero attached hydrogens (tertiary/aromatic N) is 1. The van der Waals surface area contributed by atoms with Gasteiger partial charge in [0.05, 0.1) is 28.8 Å². The molecule has 9 aromatic rings. The Bertz CT molecular complexity index is 2720. The topological polar surface area (TPSA) is 30.1 Å². The van der Waals surface area contributed by atoms with Crippen molar-refractivity contribution >= 4 is 49.3 Å². The molecule has 0 aliphatic carbocycles. The van der Waals surface area contributed by atoms with Crippen molar-refractivity contribution in [2.24, 2.45) is 0 Å². The van der Waals surface area contributed by atoms with Crippen LogP contribution in [0.4, 0.5) is 0 Å². The Morgan fingerprint density at radius 1 is 0.531 bits per heavy atom. The zero-order valence-electron chi connectivity index (χ0n) is 26.8. The summed E-state index contributed by atoms with van der Waals surface area (Å²) in [7, 11) is 0. The molecule has 7 aromatic carbocycles. The number of rotatable bonds is 4. The van der Waals surface area contributed by atoms with Gasteiger partial charge in [0, 0.05) is 21.5 Å². The SMILES string of the molecule is C=C1c2ccccc2C(c2cccc3oc4c(-n5c6ccccc6c6ccc(-c7ccccc7)cc65)cccc4c23)NC1c1ccccc1. The van der Waals surface area contributed by atoms with Gasteiger partial charge >= 0.3 is 0 Å². The molecule has 3 nitrogen and oxygen atoms in total. The highest BCUT2D eigenvalue weighted by molar-refractivity contribution is 6.14. The Morgan fingerprint density at radius 3 is 2.10 bits per heavy atom. The molecule has 1 aliphatic rings. The van der Waals surface area contributed by atoms with Crippen LogP contribution >= 0.6 is 0 Å². The molecule has 0 fully saturated rings. The molecule has 2 unspecified atom stereocenters. The normalized spacial score (nSPS) is 16.1. The number of furan rings is 1. The summed E-state index contributed by atoms with van der Waals surface area (Å²) >= 11 is 0. The fourth-order valence-electron chi connectivity index (χ4n) is 8.07. The third kappa shape index (κ3) is 4.26. The maximum atomic E-state index is 6.91. The van der Waals surface area contributed by atoms with Crippen LogP contribution in [-0.2, 0) is 0 Å². The molecule has 2 atom stereocenters. The van der Waals surface area contributed by atoms with Gasteiger partial charge in [-0.3, -0.25) is 5.32 Å². The fraction of sp³-hybridized carbons (Fsp3) is 0.0435. The van der Waals surface area contributed by atoms with Crippen molar-refractivity contribution in [2.45, 2.75) is 12.1 Å². The molecular weight excluding hydrogens is 597 g/mol. The molecule has 1 N–H and O–H groups in total. The summed E-state index contributed by atoms with van der Waals surface area (Å²) in [5.41, 5.74) is 13.4. The molecule has 0 radical (unpaired) electrons. The van der Waals surface area contributed by atoms with E-state index < -0.39 is 0 Å². The minimum Gasteiger partial charge on any atom is -0.454 e. The largest absolute Gasteiger partial charge is 0.454 e. The van der Waals surface area contributed by atoms with Gasteiger partial charge < -0.3 is 8.98 Å². The lowest BCUT2D eigenvalue weighted by Gasteiger charge is -2.36. The standard InChI is InChI=1S/C46H32N2O/c1-29-33-18-8-9-20-36(33)45(47-44(29)31-16-6-3-7-17-31)37-21-13-25-42-43(37)38-22-12-24-40(46(38)49-42)48-39-23-11-10-19-34(39)35-27-26-32(28-41(35)48)30-14-4-2-5-15-30/h2-28,44-45,47H,1H2. The molecule has 3 heteroatoms. The molecule has 0 amide bonds. The Morgan fingerprint density at radius 2 is 1.22 bits per heavy atom. The van der Waals surface area contributed by atoms with Crippen LogP contribution < -0.4 is 5.32 Å². The number of fused-ring (bicyclic) bond motifs is 7. The molecule has 2 aromatic heterocycles. The van der Waals surface area contributed by atoms with Gasteiger partial charge in [-0.15, -0.1) is 0 Å². The van der Waals surface area contributed by atoms with E-state index in [0.29, 0.717) is 0 Å². The molecule has 0 saturated heterocycles. The van der Waals surface area contributed by atoms with Crippen LogP contribution in [0.2, 0.25) is 0 Å². The van der Waals surface area contributed by atoms with Crippen molar-refractivity contribution in [3.8, 4) is 16.8 Å². The van der Waals surface area contributed by atoms with Gasteiger partial charge in [-0.1, -0.05) is 146 Å². The van der Waals surface area contributed by atoms with Crippen LogP contribution in [0.1, 0.15) is 34.3 Å². The van der Waals surface area contributed by atoms with Crippen LogP contribution in [0.5, 0.6) is 0 Å². The minimum absolute atomic E-state index is 0.0125. The van der Waals surface area contributed by atoms with Crippen LogP contribution in [0.3, 0.4) is 0 Å². The van der Waals surface area contributed by atoms with Gasteiger partial charge in [-0.05, 0) is 63.2 Å². The molecule has 10 rings (SSSR count). The summed E-state index contributed by atoms with van der Waals surface area (Å²) in [5, 5.41) is 8.69. The molecule has 232 valence electrons. The Labute approximate surface area is 284 Å². The lowest BCUT2D eigenvalue weighted by atomic mass is 9.81. The summed E-state index contributed by atoms with van der Waals surface area (Å²) in [4.78, 5) is 0. The predicted octanol–water partition coefficient (Wildman–Crippen LogP) is 11.8. The highest BCUT2D eigenvalue weighted by atomic mass is 16.3. The first-order chi connectivity index (χ1) is 24.2. The van der Waals surface area contributed by atoms with Gasteiger partial charge in [0.15, 0.2) is 5.58 Å². The average molecular weight is 629 g/mol. The monoisotopic (exact) mass is 628 g/mol. The van der Waals surface area contributed by atoms with E-state index in [2.05, 4.69) is 180 Å². The molecule has 0 bridgehead atoms. The first kappa shape index (κ1) is 27.9. The summed E-state index contributed by atoms with van der Waals surface area (Å²) in [6.45, 7) is 4.58. The number of nitrogens with one attached hydrogen (secondary N) is 1. The summed E-state index contributed by atoms with van der Waals surface area (Å²) < 4.78 is 9.29. The van der Waals surface area contributed by atoms with Crippen LogP contribution in [0.25, 0.3) is 66.1 Å². The Balaban J connectivity index is 1.21. The number of hydrogen-bond donors (Lipinski definition) is 1. The van der Waals surface area contributed by atoms with Crippen LogP contribution in [-0.4, -0.2) is 4.57 Å². The first-order valence-electron chi connectivity index (χ1n) is 16.9. The van der Waals surface area contributed by atoms with E-state index >= 15 is 0 Å². The van der Waals surface area contributed by atoms with Crippen molar-refractivity contribution in [1.82, 2.24) is 9.88 Å². The van der Waals surface area contributed by atoms with Crippen molar-refractivity contribution in [3.63, 3.8) is 0 Å². The minimum atomic E-state index is -0.0540. The predicted molar refractivity (Wildman–Crippen MR) is 203 cm³/mol. The summed E-state index contributed by atoms with van der Waals surface area (Å²) in [6.07, 6.45) is 0. The lowest BCUT2D eigenvalue weighted by molar-refractivity contribution is 0.545. The number of para-hydroxylation sites is 2. The van der Waals surface area contributed by atoms with E-state index in [-0.39, 0.29) is 12.1 Å². The van der Waals surface area contributed by atoms with Gasteiger partial charge in [-0.2, -0.15) is 0 Å². The van der Waals surface area contributed by atoms with Crippen molar-refractivity contribution < 1.29 is 4.42 Å². The lowest BCUT2D eigenvalue weighted by Crippen LogP contribution is -2.33. The van der Waals surface area contributed by atoms with Crippen LogP contribution in [0.15, 0.2) is 175 Å². The fourth-order valence-corrected chi connectivity index (χ4v) is 8.07. The Hall–Kier alpha value is -6.16. The average Bonchev–Trinajstić information content (AvgIpc) is 3.72. The molecule has 3 heterocycles. The molecular formula is C46H32N2O. The summed E-state index contributed by atoms with van der Waals surface area (Å²) in [5.74, 6) is 0. The zero-order chi connectivity index (χ0) is 32.5. The maximum absolute atomic E-state index is 6.91. The highest BCUT2D eigenvalue weighted by Crippen LogP contribution is 2.46. The van der Waals surface area contributed by atoms with E-state index in [0.717, 1.165) is 44.2 Å². The number of benzene rings is 7. The van der Waals surface area contributed by atoms with E-state index in [4.69, 9.17) is 4.42 Å². The van der Waals surface area contributed by atoms with Crippen molar-refractivity contribution in [2.75, 3.05) is 0 Å². The zero-order valence-corrected chi connectivity index (χ0v) is 26.8. The van der Waals surface area contributed by atoms with Gasteiger partial charge in [0.1, 0.15) is 5.58 Å². The van der Waals surface area contributed by atoms with E-state index in [9.17, 15) is 0 Å². The second-order valence-electron chi connectivity index (χ2n) is 13.0. The first-order valence-corrected chi connectivity index (χ1v) is 16.9. The van der Waals surface area contributed by atoms with E-state index in [1.165, 1.54) is 44.2 Å². The van der Waals surface area contributed by atoms with Gasteiger partial charge in [-0.25, -0.2) is 0 Å². The van der Waals surface area contributed by atoms with Crippen molar-refractivity contribution in [3.05, 3.63) is 193 Å². The number of aromatic nitrogens is 1. The van der Waals surface area contributed by atoms with E-state index in [1.54, 1.807) is 0 Å². The second-order valence-corrected chi connectivity index (χ2v) is 13.0. The van der Waals surface area contributed by atoms with Gasteiger partial charge in [0.25, 0.3) is 0 Å². The number of hydrogen-bond acceptors (Lipinski definition) is 2. The van der Waals surface area contributed by atoms with E-state index in [1.807, 2.05) is 0 Å². The highest BCUT2D eigenvalue weighted by Gasteiger charge is 2.32. The van der Waals surface area contributed by atoms with Gasteiger partial charge in [0.2, 0.25) is 0 Å². The third-order valence-electron chi connectivity index (χ3n) is 10.3. The third-order valence-corrected chi connectivity index (χ3v) is 10.3. The van der Waals surface area contributed by atoms with Crippen molar-refractivity contribution in [1.29, 1.82) is 0 Å². The quantitative estimate of drug-likeness (QED) is 0.210.